The molecule has 0 amide bonds. The Balaban J connectivity index is 2.42. The summed E-state index contributed by atoms with van der Waals surface area (Å²) in [7, 11) is 4.07. The summed E-state index contributed by atoms with van der Waals surface area (Å²) >= 11 is 0. The van der Waals surface area contributed by atoms with Crippen LogP contribution in [0.15, 0.2) is 18.2 Å². The second-order valence-corrected chi connectivity index (χ2v) is 4.12. The van der Waals surface area contributed by atoms with Gasteiger partial charge in [-0.05, 0) is 31.2 Å². The molecule has 0 fully saturated rings. The molecule has 3 nitrogen and oxygen atoms in total. The lowest BCUT2D eigenvalue weighted by molar-refractivity contribution is 0.725. The van der Waals surface area contributed by atoms with Crippen LogP contribution in [0.1, 0.15) is 18.3 Å². The first-order chi connectivity index (χ1) is 7.76. The SMILES string of the molecule is CCc1ccc2nc(CCNC)n(C)c2c1. The average Bonchev–Trinajstić information content (AvgIpc) is 2.63. The van der Waals surface area contributed by atoms with Crippen LogP contribution in [0.5, 0.6) is 0 Å². The van der Waals surface area contributed by atoms with E-state index in [-0.39, 0.29) is 0 Å². The maximum Gasteiger partial charge on any atom is 0.110 e. The first-order valence-electron chi connectivity index (χ1n) is 5.85. The molecule has 2 rings (SSSR count). The smallest absolute Gasteiger partial charge is 0.110 e. The van der Waals surface area contributed by atoms with E-state index in [4.69, 9.17) is 0 Å². The zero-order valence-electron chi connectivity index (χ0n) is 10.2. The second-order valence-electron chi connectivity index (χ2n) is 4.12. The van der Waals surface area contributed by atoms with Crippen molar-refractivity contribution in [1.82, 2.24) is 14.9 Å². The third-order valence-corrected chi connectivity index (χ3v) is 3.04. The summed E-state index contributed by atoms with van der Waals surface area (Å²) in [6.07, 6.45) is 2.05. The van der Waals surface area contributed by atoms with Crippen molar-refractivity contribution in [2.75, 3.05) is 13.6 Å². The van der Waals surface area contributed by atoms with Crippen molar-refractivity contribution in [3.05, 3.63) is 29.6 Å². The zero-order chi connectivity index (χ0) is 11.5. The van der Waals surface area contributed by atoms with Crippen LogP contribution >= 0.6 is 0 Å². The minimum atomic E-state index is 0.970. The summed E-state index contributed by atoms with van der Waals surface area (Å²) in [4.78, 5) is 4.65. The topological polar surface area (TPSA) is 29.9 Å². The number of aryl methyl sites for hydroxylation is 2. The van der Waals surface area contributed by atoms with Crippen molar-refractivity contribution in [1.29, 1.82) is 0 Å². The van der Waals surface area contributed by atoms with Gasteiger partial charge in [-0.2, -0.15) is 0 Å². The van der Waals surface area contributed by atoms with Gasteiger partial charge in [0.2, 0.25) is 0 Å². The molecule has 1 heterocycles. The molecule has 86 valence electrons. The number of aromatic nitrogens is 2. The molecule has 1 N–H and O–H groups in total. The number of benzene rings is 1. The molecule has 0 spiro atoms. The average molecular weight is 217 g/mol. The third kappa shape index (κ3) is 1.95. The standard InChI is InChI=1S/C13H19N3/c1-4-10-5-6-11-12(9-10)16(3)13(15-11)7-8-14-2/h5-6,9,14H,4,7-8H2,1-3H3. The Morgan fingerprint density at radius 1 is 1.38 bits per heavy atom. The summed E-state index contributed by atoms with van der Waals surface area (Å²) in [6, 6.07) is 6.53. The fraction of sp³-hybridized carbons (Fsp3) is 0.462. The molecule has 0 bridgehead atoms. The van der Waals surface area contributed by atoms with Crippen molar-refractivity contribution in [3.8, 4) is 0 Å². The van der Waals surface area contributed by atoms with Gasteiger partial charge in [0, 0.05) is 20.0 Å². The fourth-order valence-corrected chi connectivity index (χ4v) is 1.97. The van der Waals surface area contributed by atoms with E-state index in [1.54, 1.807) is 0 Å². The van der Waals surface area contributed by atoms with Gasteiger partial charge in [0.1, 0.15) is 5.82 Å². The molecule has 0 atom stereocenters. The van der Waals surface area contributed by atoms with E-state index in [0.717, 1.165) is 30.7 Å². The normalized spacial score (nSPS) is 11.2. The van der Waals surface area contributed by atoms with E-state index < -0.39 is 0 Å². The lowest BCUT2D eigenvalue weighted by Crippen LogP contribution is -2.12. The van der Waals surface area contributed by atoms with Crippen LogP contribution < -0.4 is 5.32 Å². The number of hydrogen-bond donors (Lipinski definition) is 1. The monoisotopic (exact) mass is 217 g/mol. The Labute approximate surface area is 96.5 Å². The summed E-state index contributed by atoms with van der Waals surface area (Å²) in [5.41, 5.74) is 3.71. The molecule has 0 aliphatic rings. The quantitative estimate of drug-likeness (QED) is 0.847. The van der Waals surface area contributed by atoms with Gasteiger partial charge in [0.15, 0.2) is 0 Å². The molecule has 0 aliphatic carbocycles. The Kier molecular flexibility index (Phi) is 3.25. The number of fused-ring (bicyclic) bond motifs is 1. The molecule has 1 aromatic carbocycles. The van der Waals surface area contributed by atoms with Gasteiger partial charge in [-0.1, -0.05) is 13.0 Å². The van der Waals surface area contributed by atoms with Gasteiger partial charge in [-0.15, -0.1) is 0 Å². The van der Waals surface area contributed by atoms with Crippen LogP contribution in [0.2, 0.25) is 0 Å². The largest absolute Gasteiger partial charge is 0.331 e. The number of nitrogens with one attached hydrogen (secondary N) is 1. The zero-order valence-corrected chi connectivity index (χ0v) is 10.2. The molecule has 0 unspecified atom stereocenters. The summed E-state index contributed by atoms with van der Waals surface area (Å²) in [6.45, 7) is 3.15. The van der Waals surface area contributed by atoms with Crippen LogP contribution in [-0.2, 0) is 19.9 Å². The molecule has 3 heteroatoms. The molecule has 0 radical (unpaired) electrons. The van der Waals surface area contributed by atoms with E-state index in [1.807, 2.05) is 7.05 Å². The number of nitrogens with zero attached hydrogens (tertiary/aromatic N) is 2. The van der Waals surface area contributed by atoms with Gasteiger partial charge in [0.05, 0.1) is 11.0 Å². The maximum atomic E-state index is 4.65. The maximum absolute atomic E-state index is 4.65. The molecule has 1 aromatic heterocycles. The van der Waals surface area contributed by atoms with Crippen molar-refractivity contribution in [3.63, 3.8) is 0 Å². The fourth-order valence-electron chi connectivity index (χ4n) is 1.97. The highest BCUT2D eigenvalue weighted by atomic mass is 15.1. The summed E-state index contributed by atoms with van der Waals surface area (Å²) < 4.78 is 2.20. The minimum absolute atomic E-state index is 0.970. The van der Waals surface area contributed by atoms with Crippen molar-refractivity contribution >= 4 is 11.0 Å². The molecule has 0 saturated carbocycles. The predicted molar refractivity (Wildman–Crippen MR) is 67.7 cm³/mol. The van der Waals surface area contributed by atoms with Crippen LogP contribution in [0.25, 0.3) is 11.0 Å². The lowest BCUT2D eigenvalue weighted by Gasteiger charge is -2.02. The Morgan fingerprint density at radius 3 is 2.88 bits per heavy atom. The van der Waals surface area contributed by atoms with Gasteiger partial charge >= 0.3 is 0 Å². The molecule has 2 aromatic rings. The van der Waals surface area contributed by atoms with Crippen LogP contribution in [0, 0.1) is 0 Å². The lowest BCUT2D eigenvalue weighted by atomic mass is 10.1. The number of likely N-dealkylation sites (N-methyl/N-ethyl adjacent to an activating group) is 1. The molecular formula is C13H19N3. The van der Waals surface area contributed by atoms with E-state index >= 15 is 0 Å². The number of rotatable bonds is 4. The summed E-state index contributed by atoms with van der Waals surface area (Å²) in [5, 5.41) is 3.16. The molecular weight excluding hydrogens is 198 g/mol. The highest BCUT2D eigenvalue weighted by molar-refractivity contribution is 5.76. The van der Waals surface area contributed by atoms with E-state index in [2.05, 4.69) is 47.0 Å². The molecule has 16 heavy (non-hydrogen) atoms. The number of hydrogen-bond acceptors (Lipinski definition) is 2. The highest BCUT2D eigenvalue weighted by Gasteiger charge is 2.07. The first kappa shape index (κ1) is 11.1. The van der Waals surface area contributed by atoms with Gasteiger partial charge in [-0.3, -0.25) is 0 Å². The van der Waals surface area contributed by atoms with Gasteiger partial charge < -0.3 is 9.88 Å². The predicted octanol–water partition coefficient (Wildman–Crippen LogP) is 1.90. The Morgan fingerprint density at radius 2 is 2.19 bits per heavy atom. The van der Waals surface area contributed by atoms with Crippen LogP contribution in [0.4, 0.5) is 0 Å². The molecule has 0 aliphatic heterocycles. The van der Waals surface area contributed by atoms with E-state index in [1.165, 1.54) is 11.1 Å². The first-order valence-corrected chi connectivity index (χ1v) is 5.85. The second kappa shape index (κ2) is 4.66. The van der Waals surface area contributed by atoms with Gasteiger partial charge in [-0.25, -0.2) is 4.98 Å². The van der Waals surface area contributed by atoms with Crippen LogP contribution in [-0.4, -0.2) is 23.1 Å². The van der Waals surface area contributed by atoms with Crippen molar-refractivity contribution in [2.45, 2.75) is 19.8 Å². The minimum Gasteiger partial charge on any atom is -0.331 e. The van der Waals surface area contributed by atoms with E-state index in [9.17, 15) is 0 Å². The summed E-state index contributed by atoms with van der Waals surface area (Å²) in [5.74, 6) is 1.15. The van der Waals surface area contributed by atoms with E-state index in [0.29, 0.717) is 0 Å². The Bertz CT molecular complexity index is 485. The van der Waals surface area contributed by atoms with Crippen LogP contribution in [0.3, 0.4) is 0 Å². The Hall–Kier alpha value is -1.35. The third-order valence-electron chi connectivity index (χ3n) is 3.04. The van der Waals surface area contributed by atoms with Crippen molar-refractivity contribution in [2.24, 2.45) is 7.05 Å². The van der Waals surface area contributed by atoms with Crippen molar-refractivity contribution < 1.29 is 0 Å². The number of imidazole rings is 1. The molecule has 0 saturated heterocycles. The highest BCUT2D eigenvalue weighted by Crippen LogP contribution is 2.17. The van der Waals surface area contributed by atoms with Gasteiger partial charge in [0.25, 0.3) is 0 Å².